The van der Waals surface area contributed by atoms with Gasteiger partial charge in [-0.2, -0.15) is 0 Å². The highest BCUT2D eigenvalue weighted by Crippen LogP contribution is 2.30. The Kier molecular flexibility index (Phi) is 6.63. The first kappa shape index (κ1) is 23.5. The van der Waals surface area contributed by atoms with Crippen molar-refractivity contribution in [3.63, 3.8) is 0 Å². The third-order valence-corrected chi connectivity index (χ3v) is 8.28. The number of benzene rings is 2. The van der Waals surface area contributed by atoms with Crippen LogP contribution in [-0.4, -0.2) is 52.4 Å². The molecule has 0 unspecified atom stereocenters. The zero-order chi connectivity index (χ0) is 23.6. The van der Waals surface area contributed by atoms with E-state index in [2.05, 4.69) is 48.4 Å². The van der Waals surface area contributed by atoms with E-state index in [4.69, 9.17) is 0 Å². The van der Waals surface area contributed by atoms with Gasteiger partial charge in [0.15, 0.2) is 20.8 Å². The number of carbonyl (C=O) groups excluding carboxylic acids is 1. The molecular formula is C24H28N4O3S2. The molecule has 1 fully saturated rings. The number of rotatable bonds is 6. The third-order valence-electron chi connectivity index (χ3n) is 5.59. The van der Waals surface area contributed by atoms with Gasteiger partial charge in [-0.3, -0.25) is 9.36 Å². The van der Waals surface area contributed by atoms with Gasteiger partial charge in [0.1, 0.15) is 0 Å². The van der Waals surface area contributed by atoms with Crippen LogP contribution in [0.4, 0.5) is 0 Å². The molecule has 1 N–H and O–H groups in total. The highest BCUT2D eigenvalue weighted by Gasteiger charge is 2.29. The van der Waals surface area contributed by atoms with E-state index in [9.17, 15) is 13.2 Å². The lowest BCUT2D eigenvalue weighted by Gasteiger charge is -2.19. The number of nitrogens with zero attached hydrogens (tertiary/aromatic N) is 3. The molecule has 0 bridgehead atoms. The molecule has 9 heteroatoms. The average molecular weight is 485 g/mol. The lowest BCUT2D eigenvalue weighted by atomic mass is 9.87. The molecular weight excluding hydrogens is 456 g/mol. The number of hydrogen-bond acceptors (Lipinski definition) is 6. The van der Waals surface area contributed by atoms with Crippen LogP contribution in [-0.2, 0) is 20.0 Å². The Bertz CT molecular complexity index is 1230. The van der Waals surface area contributed by atoms with Crippen LogP contribution >= 0.6 is 11.8 Å². The van der Waals surface area contributed by atoms with Crippen LogP contribution in [0.5, 0.6) is 0 Å². The van der Waals surface area contributed by atoms with E-state index in [1.165, 1.54) is 17.3 Å². The smallest absolute Gasteiger partial charge is 0.230 e. The molecule has 1 aliphatic heterocycles. The summed E-state index contributed by atoms with van der Waals surface area (Å²) in [5, 5.41) is 12.2. The van der Waals surface area contributed by atoms with Crippen LogP contribution in [0.2, 0.25) is 0 Å². The van der Waals surface area contributed by atoms with E-state index in [1.807, 2.05) is 47.0 Å². The zero-order valence-corrected chi connectivity index (χ0v) is 20.6. The van der Waals surface area contributed by atoms with Crippen LogP contribution in [0, 0.1) is 0 Å². The zero-order valence-electron chi connectivity index (χ0n) is 19.0. The minimum atomic E-state index is -3.04. The van der Waals surface area contributed by atoms with E-state index in [0.29, 0.717) is 17.4 Å². The van der Waals surface area contributed by atoms with Crippen molar-refractivity contribution in [1.29, 1.82) is 0 Å². The van der Waals surface area contributed by atoms with Crippen molar-refractivity contribution in [3.8, 4) is 17.1 Å². The second-order valence-corrected chi connectivity index (χ2v) is 12.4. The Morgan fingerprint density at radius 2 is 1.79 bits per heavy atom. The third kappa shape index (κ3) is 5.65. The van der Waals surface area contributed by atoms with Crippen molar-refractivity contribution in [2.24, 2.45) is 0 Å². The lowest BCUT2D eigenvalue weighted by Crippen LogP contribution is -2.36. The Labute approximate surface area is 198 Å². The first-order valence-electron chi connectivity index (χ1n) is 10.9. The van der Waals surface area contributed by atoms with E-state index < -0.39 is 9.84 Å². The van der Waals surface area contributed by atoms with Gasteiger partial charge in [-0.15, -0.1) is 10.2 Å². The van der Waals surface area contributed by atoms with Gasteiger partial charge in [-0.1, -0.05) is 75.0 Å². The van der Waals surface area contributed by atoms with Crippen molar-refractivity contribution < 1.29 is 13.2 Å². The number of sulfone groups is 1. The van der Waals surface area contributed by atoms with Crippen molar-refractivity contribution in [1.82, 2.24) is 20.1 Å². The summed E-state index contributed by atoms with van der Waals surface area (Å²) in [6.45, 7) is 6.53. The van der Waals surface area contributed by atoms with E-state index in [0.717, 1.165) is 11.3 Å². The maximum absolute atomic E-state index is 12.5. The van der Waals surface area contributed by atoms with Crippen LogP contribution < -0.4 is 5.32 Å². The first-order chi connectivity index (χ1) is 15.6. The predicted octanol–water partition coefficient (Wildman–Crippen LogP) is 3.63. The Hall–Kier alpha value is -2.65. The summed E-state index contributed by atoms with van der Waals surface area (Å²) < 4.78 is 25.2. The molecule has 0 aliphatic carbocycles. The number of hydrogen-bond donors (Lipinski definition) is 1. The van der Waals surface area contributed by atoms with E-state index >= 15 is 0 Å². The van der Waals surface area contributed by atoms with Gasteiger partial charge in [0.25, 0.3) is 0 Å². The fourth-order valence-electron chi connectivity index (χ4n) is 3.79. The van der Waals surface area contributed by atoms with Crippen LogP contribution in [0.15, 0.2) is 59.8 Å². The van der Waals surface area contributed by atoms with Crippen LogP contribution in [0.3, 0.4) is 0 Å². The topological polar surface area (TPSA) is 94.0 Å². The number of thioether (sulfide) groups is 1. The standard InChI is InChI=1S/C24H28N4O3S2/c1-24(2,3)18-11-9-17(10-12-18)22-26-27-23(28(22)20-7-5-4-6-8-20)32-15-21(29)25-19-13-14-33(30,31)16-19/h4-12,19H,13-16H2,1-3H3,(H,25,29)/t19-/m1/s1. The van der Waals surface area contributed by atoms with Crippen molar-refractivity contribution in [3.05, 3.63) is 60.2 Å². The normalized spacial score (nSPS) is 17.7. The fourth-order valence-corrected chi connectivity index (χ4v) is 6.22. The second kappa shape index (κ2) is 9.30. The van der Waals surface area contributed by atoms with Crippen molar-refractivity contribution in [2.75, 3.05) is 17.3 Å². The maximum Gasteiger partial charge on any atom is 0.230 e. The fraction of sp³-hybridized carbons (Fsp3) is 0.375. The minimum Gasteiger partial charge on any atom is -0.352 e. The molecule has 1 saturated heterocycles. The van der Waals surface area contributed by atoms with Crippen LogP contribution in [0.25, 0.3) is 17.1 Å². The van der Waals surface area contributed by atoms with Crippen molar-refractivity contribution >= 4 is 27.5 Å². The molecule has 4 rings (SSSR count). The summed E-state index contributed by atoms with van der Waals surface area (Å²) in [5.41, 5.74) is 3.13. The molecule has 0 saturated carbocycles. The minimum absolute atomic E-state index is 0.0122. The highest BCUT2D eigenvalue weighted by atomic mass is 32.2. The van der Waals surface area contributed by atoms with Gasteiger partial charge in [-0.25, -0.2) is 8.42 Å². The van der Waals surface area contributed by atoms with Gasteiger partial charge in [-0.05, 0) is 29.5 Å². The number of para-hydroxylation sites is 1. The van der Waals surface area contributed by atoms with Gasteiger partial charge in [0.05, 0.1) is 17.3 Å². The lowest BCUT2D eigenvalue weighted by molar-refractivity contribution is -0.119. The van der Waals surface area contributed by atoms with Gasteiger partial charge in [0, 0.05) is 17.3 Å². The Morgan fingerprint density at radius 3 is 2.39 bits per heavy atom. The van der Waals surface area contributed by atoms with Crippen molar-refractivity contribution in [2.45, 2.75) is 43.8 Å². The number of nitrogens with one attached hydrogen (secondary N) is 1. The average Bonchev–Trinajstić information content (AvgIpc) is 3.35. The quantitative estimate of drug-likeness (QED) is 0.537. The number of amides is 1. The largest absolute Gasteiger partial charge is 0.352 e. The highest BCUT2D eigenvalue weighted by molar-refractivity contribution is 7.99. The summed E-state index contributed by atoms with van der Waals surface area (Å²) in [5.74, 6) is 0.764. The Morgan fingerprint density at radius 1 is 1.09 bits per heavy atom. The molecule has 7 nitrogen and oxygen atoms in total. The molecule has 2 aromatic carbocycles. The van der Waals surface area contributed by atoms with E-state index in [-0.39, 0.29) is 34.6 Å². The summed E-state index contributed by atoms with van der Waals surface area (Å²) >= 11 is 1.28. The predicted molar refractivity (Wildman–Crippen MR) is 131 cm³/mol. The molecule has 3 aromatic rings. The van der Waals surface area contributed by atoms with Gasteiger partial charge >= 0.3 is 0 Å². The first-order valence-corrected chi connectivity index (χ1v) is 13.7. The molecule has 2 heterocycles. The number of aromatic nitrogens is 3. The molecule has 174 valence electrons. The Balaban J connectivity index is 1.56. The van der Waals surface area contributed by atoms with E-state index in [1.54, 1.807) is 0 Å². The summed E-state index contributed by atoms with van der Waals surface area (Å²) in [6.07, 6.45) is 0.466. The summed E-state index contributed by atoms with van der Waals surface area (Å²) in [4.78, 5) is 12.5. The van der Waals surface area contributed by atoms with Crippen LogP contribution in [0.1, 0.15) is 32.8 Å². The SMILES string of the molecule is CC(C)(C)c1ccc(-c2nnc(SCC(=O)N[C@@H]3CCS(=O)(=O)C3)n2-c2ccccc2)cc1. The molecule has 1 amide bonds. The molecule has 1 aliphatic rings. The molecule has 0 spiro atoms. The maximum atomic E-state index is 12.5. The molecule has 1 atom stereocenters. The number of carbonyl (C=O) groups is 1. The molecule has 1 aromatic heterocycles. The monoisotopic (exact) mass is 484 g/mol. The second-order valence-electron chi connectivity index (χ2n) is 9.26. The summed E-state index contributed by atoms with van der Waals surface area (Å²) in [6, 6.07) is 17.8. The molecule has 33 heavy (non-hydrogen) atoms. The van der Waals surface area contributed by atoms with Gasteiger partial charge < -0.3 is 5.32 Å². The van der Waals surface area contributed by atoms with Gasteiger partial charge in [0.2, 0.25) is 5.91 Å². The molecule has 0 radical (unpaired) electrons. The summed E-state index contributed by atoms with van der Waals surface area (Å²) in [7, 11) is -3.04.